The van der Waals surface area contributed by atoms with Gasteiger partial charge in [-0.2, -0.15) is 0 Å². The minimum atomic E-state index is -0.0607. The van der Waals surface area contributed by atoms with Crippen molar-refractivity contribution in [2.75, 3.05) is 14.2 Å². The molecule has 0 N–H and O–H groups in total. The van der Waals surface area contributed by atoms with Crippen LogP contribution in [0.4, 0.5) is 0 Å². The highest BCUT2D eigenvalue weighted by Gasteiger charge is 2.49. The normalized spacial score (nSPS) is 34.6. The number of methoxy groups -OCH3 is 1. The Bertz CT molecular complexity index is 515. The van der Waals surface area contributed by atoms with Gasteiger partial charge in [-0.05, 0) is 49.6 Å². The fourth-order valence-electron chi connectivity index (χ4n) is 4.76. The number of fused-ring (bicyclic) bond motifs is 2. The van der Waals surface area contributed by atoms with Gasteiger partial charge >= 0.3 is 5.97 Å². The summed E-state index contributed by atoms with van der Waals surface area (Å²) in [5.41, 5.74) is 1.39. The first-order valence-electron chi connectivity index (χ1n) is 8.42. The van der Waals surface area contributed by atoms with Crippen LogP contribution < -0.4 is 0 Å². The molecule has 2 heterocycles. The SMILES string of the molecule is COC(=O)C[C@@H]1C2C[C@@H](C)C(C[C@@H]1Cc1ccccc1)N2C. The van der Waals surface area contributed by atoms with Gasteiger partial charge in [0, 0.05) is 12.1 Å². The molecule has 1 aromatic rings. The van der Waals surface area contributed by atoms with Crippen LogP contribution in [0.3, 0.4) is 0 Å². The third-order valence-electron chi connectivity index (χ3n) is 5.93. The lowest BCUT2D eigenvalue weighted by Gasteiger charge is -2.43. The maximum atomic E-state index is 11.9. The first-order chi connectivity index (χ1) is 10.6. The second-order valence-electron chi connectivity index (χ2n) is 7.14. The summed E-state index contributed by atoms with van der Waals surface area (Å²) in [5.74, 6) is 1.67. The van der Waals surface area contributed by atoms with Crippen molar-refractivity contribution in [3.05, 3.63) is 35.9 Å². The summed E-state index contributed by atoms with van der Waals surface area (Å²) in [6.45, 7) is 2.36. The molecule has 2 aliphatic heterocycles. The molecule has 5 atom stereocenters. The lowest BCUT2D eigenvalue weighted by molar-refractivity contribution is -0.143. The van der Waals surface area contributed by atoms with Gasteiger partial charge in [-0.1, -0.05) is 37.3 Å². The minimum Gasteiger partial charge on any atom is -0.469 e. The summed E-state index contributed by atoms with van der Waals surface area (Å²) in [6, 6.07) is 11.9. The molecule has 0 amide bonds. The molecule has 2 saturated heterocycles. The monoisotopic (exact) mass is 301 g/mol. The Morgan fingerprint density at radius 1 is 1.23 bits per heavy atom. The van der Waals surface area contributed by atoms with Crippen molar-refractivity contribution in [2.45, 2.75) is 44.7 Å². The lowest BCUT2D eigenvalue weighted by Crippen LogP contribution is -2.48. The number of carbonyl (C=O) groups excluding carboxylic acids is 1. The third-order valence-corrected chi connectivity index (χ3v) is 5.93. The van der Waals surface area contributed by atoms with E-state index in [4.69, 9.17) is 4.74 Å². The largest absolute Gasteiger partial charge is 0.469 e. The van der Waals surface area contributed by atoms with Crippen LogP contribution in [-0.4, -0.2) is 37.1 Å². The molecule has 3 rings (SSSR count). The molecule has 2 fully saturated rings. The highest BCUT2D eigenvalue weighted by atomic mass is 16.5. The molecule has 2 bridgehead atoms. The highest BCUT2D eigenvalue weighted by Crippen LogP contribution is 2.46. The molecule has 1 aromatic carbocycles. The number of esters is 1. The number of piperidine rings is 1. The van der Waals surface area contributed by atoms with Crippen molar-refractivity contribution < 1.29 is 9.53 Å². The van der Waals surface area contributed by atoms with Crippen LogP contribution in [0.25, 0.3) is 0 Å². The smallest absolute Gasteiger partial charge is 0.305 e. The van der Waals surface area contributed by atoms with E-state index in [0.29, 0.717) is 30.3 Å². The van der Waals surface area contributed by atoms with E-state index >= 15 is 0 Å². The molecule has 0 aliphatic carbocycles. The van der Waals surface area contributed by atoms with Gasteiger partial charge in [-0.3, -0.25) is 9.69 Å². The van der Waals surface area contributed by atoms with Crippen LogP contribution in [0, 0.1) is 17.8 Å². The molecular weight excluding hydrogens is 274 g/mol. The maximum absolute atomic E-state index is 11.9. The standard InChI is InChI=1S/C19H27NO2/c1-13-9-18-16(12-19(21)22-3)15(11-17(13)20(18)2)10-14-7-5-4-6-8-14/h4-8,13,15-18H,9-12H2,1-3H3/t13-,15+,16+,17?,18?/m1/s1. The van der Waals surface area contributed by atoms with E-state index in [2.05, 4.69) is 49.2 Å². The molecule has 120 valence electrons. The number of hydrogen-bond acceptors (Lipinski definition) is 3. The number of ether oxygens (including phenoxy) is 1. The molecule has 2 unspecified atom stereocenters. The van der Waals surface area contributed by atoms with Gasteiger partial charge in [-0.25, -0.2) is 0 Å². The Kier molecular flexibility index (Phi) is 4.53. The van der Waals surface area contributed by atoms with Crippen molar-refractivity contribution in [3.8, 4) is 0 Å². The lowest BCUT2D eigenvalue weighted by atomic mass is 9.75. The number of rotatable bonds is 4. The van der Waals surface area contributed by atoms with Gasteiger partial charge in [0.25, 0.3) is 0 Å². The zero-order valence-electron chi connectivity index (χ0n) is 13.9. The van der Waals surface area contributed by atoms with Crippen molar-refractivity contribution in [1.82, 2.24) is 4.90 Å². The molecule has 0 spiro atoms. The number of nitrogens with zero attached hydrogens (tertiary/aromatic N) is 1. The van der Waals surface area contributed by atoms with Crippen molar-refractivity contribution >= 4 is 5.97 Å². The second kappa shape index (κ2) is 6.41. The van der Waals surface area contributed by atoms with E-state index < -0.39 is 0 Å². The summed E-state index contributed by atoms with van der Waals surface area (Å²) >= 11 is 0. The summed E-state index contributed by atoms with van der Waals surface area (Å²) in [5, 5.41) is 0. The van der Waals surface area contributed by atoms with E-state index in [-0.39, 0.29) is 5.97 Å². The zero-order valence-corrected chi connectivity index (χ0v) is 13.9. The summed E-state index contributed by atoms with van der Waals surface area (Å²) in [7, 11) is 3.74. The van der Waals surface area contributed by atoms with Gasteiger partial charge in [0.05, 0.1) is 13.5 Å². The molecule has 0 aromatic heterocycles. The molecule has 22 heavy (non-hydrogen) atoms. The van der Waals surface area contributed by atoms with Crippen molar-refractivity contribution in [1.29, 1.82) is 0 Å². The number of hydrogen-bond donors (Lipinski definition) is 0. The summed E-state index contributed by atoms with van der Waals surface area (Å²) < 4.78 is 4.96. The Morgan fingerprint density at radius 3 is 2.64 bits per heavy atom. The van der Waals surface area contributed by atoms with Crippen LogP contribution in [0.5, 0.6) is 0 Å². The molecule has 2 aliphatic rings. The third kappa shape index (κ3) is 2.91. The summed E-state index contributed by atoms with van der Waals surface area (Å²) in [4.78, 5) is 14.4. The van der Waals surface area contributed by atoms with Crippen LogP contribution in [-0.2, 0) is 16.0 Å². The maximum Gasteiger partial charge on any atom is 0.305 e. The molecule has 3 nitrogen and oxygen atoms in total. The highest BCUT2D eigenvalue weighted by molar-refractivity contribution is 5.69. The Morgan fingerprint density at radius 2 is 1.95 bits per heavy atom. The van der Waals surface area contributed by atoms with Crippen LogP contribution in [0.15, 0.2) is 30.3 Å². The molecule has 0 saturated carbocycles. The van der Waals surface area contributed by atoms with E-state index in [1.54, 1.807) is 0 Å². The zero-order chi connectivity index (χ0) is 15.7. The minimum absolute atomic E-state index is 0.0607. The molecule has 0 radical (unpaired) electrons. The Labute approximate surface area is 133 Å². The quantitative estimate of drug-likeness (QED) is 0.800. The average Bonchev–Trinajstić information content (AvgIpc) is 2.72. The van der Waals surface area contributed by atoms with Crippen molar-refractivity contribution in [2.24, 2.45) is 17.8 Å². The van der Waals surface area contributed by atoms with Gasteiger partial charge in [-0.15, -0.1) is 0 Å². The first kappa shape index (κ1) is 15.5. The van der Waals surface area contributed by atoms with E-state index in [9.17, 15) is 4.79 Å². The predicted octanol–water partition coefficient (Wildman–Crippen LogP) is 3.14. The Balaban J connectivity index is 1.81. The van der Waals surface area contributed by atoms with Crippen LogP contribution in [0.2, 0.25) is 0 Å². The fraction of sp³-hybridized carbons (Fsp3) is 0.632. The van der Waals surface area contributed by atoms with Gasteiger partial charge in [0.2, 0.25) is 0 Å². The fourth-order valence-corrected chi connectivity index (χ4v) is 4.76. The van der Waals surface area contributed by atoms with Crippen LogP contribution in [0.1, 0.15) is 31.7 Å². The number of carbonyl (C=O) groups is 1. The summed E-state index contributed by atoms with van der Waals surface area (Å²) in [6.07, 6.45) is 4.05. The Hall–Kier alpha value is -1.35. The van der Waals surface area contributed by atoms with Gasteiger partial charge in [0.15, 0.2) is 0 Å². The second-order valence-corrected chi connectivity index (χ2v) is 7.14. The number of benzene rings is 1. The van der Waals surface area contributed by atoms with Crippen molar-refractivity contribution in [3.63, 3.8) is 0 Å². The van der Waals surface area contributed by atoms with Crippen LogP contribution >= 0.6 is 0 Å². The van der Waals surface area contributed by atoms with Gasteiger partial charge < -0.3 is 4.74 Å². The molecular formula is C19H27NO2. The van der Waals surface area contributed by atoms with Gasteiger partial charge in [0.1, 0.15) is 0 Å². The topological polar surface area (TPSA) is 29.5 Å². The average molecular weight is 301 g/mol. The predicted molar refractivity (Wildman–Crippen MR) is 87.5 cm³/mol. The van der Waals surface area contributed by atoms with E-state index in [0.717, 1.165) is 12.3 Å². The molecule has 3 heteroatoms. The first-order valence-corrected chi connectivity index (χ1v) is 8.42. The van der Waals surface area contributed by atoms with E-state index in [1.807, 2.05) is 0 Å². The van der Waals surface area contributed by atoms with E-state index in [1.165, 1.54) is 25.5 Å².